The SMILES string of the molecule is CCOC(=O)c1ccc(Cl)c(N)c1CS(C)=O. The largest absolute Gasteiger partial charge is 0.462 e. The van der Waals surface area contributed by atoms with Crippen molar-refractivity contribution in [1.29, 1.82) is 0 Å². The Bertz CT molecular complexity index is 462. The molecule has 0 radical (unpaired) electrons. The molecule has 0 saturated carbocycles. The molecule has 6 heteroatoms. The van der Waals surface area contributed by atoms with Gasteiger partial charge >= 0.3 is 5.97 Å². The van der Waals surface area contributed by atoms with Crippen molar-refractivity contribution in [3.63, 3.8) is 0 Å². The number of halogens is 1. The fourth-order valence-electron chi connectivity index (χ4n) is 1.39. The topological polar surface area (TPSA) is 69.4 Å². The number of carbonyl (C=O) groups excluding carboxylic acids is 1. The summed E-state index contributed by atoms with van der Waals surface area (Å²) in [5, 5.41) is 0.346. The summed E-state index contributed by atoms with van der Waals surface area (Å²) in [5.74, 6) is -0.295. The molecule has 0 aliphatic rings. The maximum atomic E-state index is 11.7. The van der Waals surface area contributed by atoms with Gasteiger partial charge in [-0.05, 0) is 19.1 Å². The van der Waals surface area contributed by atoms with Crippen LogP contribution in [0.15, 0.2) is 12.1 Å². The monoisotopic (exact) mass is 275 g/mol. The maximum absolute atomic E-state index is 11.7. The summed E-state index contributed by atoms with van der Waals surface area (Å²) < 4.78 is 16.2. The summed E-state index contributed by atoms with van der Waals surface area (Å²) in [6.07, 6.45) is 1.54. The van der Waals surface area contributed by atoms with Crippen molar-refractivity contribution in [2.45, 2.75) is 12.7 Å². The molecule has 1 atom stereocenters. The lowest BCUT2D eigenvalue weighted by Gasteiger charge is -2.11. The van der Waals surface area contributed by atoms with Gasteiger partial charge in [-0.25, -0.2) is 4.79 Å². The Hall–Kier alpha value is -1.07. The molecule has 17 heavy (non-hydrogen) atoms. The molecule has 2 N–H and O–H groups in total. The van der Waals surface area contributed by atoms with Crippen LogP contribution in [0.3, 0.4) is 0 Å². The van der Waals surface area contributed by atoms with Gasteiger partial charge < -0.3 is 10.5 Å². The number of hydrogen-bond donors (Lipinski definition) is 1. The third kappa shape index (κ3) is 3.44. The summed E-state index contributed by atoms with van der Waals surface area (Å²) in [7, 11) is -1.11. The van der Waals surface area contributed by atoms with E-state index in [1.807, 2.05) is 0 Å². The van der Waals surface area contributed by atoms with Crippen molar-refractivity contribution in [2.24, 2.45) is 0 Å². The van der Waals surface area contributed by atoms with Gasteiger partial charge in [-0.1, -0.05) is 11.6 Å². The highest BCUT2D eigenvalue weighted by Gasteiger charge is 2.17. The second-order valence-electron chi connectivity index (χ2n) is 3.43. The first kappa shape index (κ1) is 14.0. The summed E-state index contributed by atoms with van der Waals surface area (Å²) in [6.45, 7) is 1.99. The molecule has 1 aromatic rings. The molecule has 0 aromatic heterocycles. The highest BCUT2D eigenvalue weighted by molar-refractivity contribution is 7.83. The van der Waals surface area contributed by atoms with Crippen LogP contribution in [0.25, 0.3) is 0 Å². The smallest absolute Gasteiger partial charge is 0.338 e. The first-order valence-corrected chi connectivity index (χ1v) is 7.11. The molecule has 1 rings (SSSR count). The number of esters is 1. The quantitative estimate of drug-likeness (QED) is 0.674. The van der Waals surface area contributed by atoms with Gasteiger partial charge in [-0.2, -0.15) is 0 Å². The molecule has 0 saturated heterocycles. The molecule has 0 bridgehead atoms. The van der Waals surface area contributed by atoms with E-state index in [9.17, 15) is 9.00 Å². The zero-order valence-corrected chi connectivity index (χ0v) is 11.2. The van der Waals surface area contributed by atoms with Crippen molar-refractivity contribution in [1.82, 2.24) is 0 Å². The third-order valence-corrected chi connectivity index (χ3v) is 3.17. The predicted octanol–water partition coefficient (Wildman–Crippen LogP) is 1.98. The van der Waals surface area contributed by atoms with Crippen LogP contribution in [0.1, 0.15) is 22.8 Å². The number of nitrogen functional groups attached to an aromatic ring is 1. The molecule has 0 spiro atoms. The van der Waals surface area contributed by atoms with Crippen molar-refractivity contribution in [2.75, 3.05) is 18.6 Å². The molecule has 4 nitrogen and oxygen atoms in total. The zero-order valence-electron chi connectivity index (χ0n) is 9.66. The Labute approximate surface area is 108 Å². The highest BCUT2D eigenvalue weighted by Crippen LogP contribution is 2.27. The van der Waals surface area contributed by atoms with E-state index < -0.39 is 16.8 Å². The van der Waals surface area contributed by atoms with Crippen LogP contribution in [-0.2, 0) is 21.3 Å². The standard InChI is InChI=1S/C11H14ClNO3S/c1-3-16-11(14)7-4-5-9(12)10(13)8(7)6-17(2)15/h4-5H,3,6,13H2,1-2H3. The Morgan fingerprint density at radius 3 is 2.71 bits per heavy atom. The minimum Gasteiger partial charge on any atom is -0.462 e. The Balaban J connectivity index is 3.24. The fraction of sp³-hybridized carbons (Fsp3) is 0.364. The second kappa shape index (κ2) is 6.02. The van der Waals surface area contributed by atoms with Crippen LogP contribution in [0.4, 0.5) is 5.69 Å². The van der Waals surface area contributed by atoms with Crippen LogP contribution >= 0.6 is 11.6 Å². The van der Waals surface area contributed by atoms with E-state index in [0.29, 0.717) is 16.1 Å². The van der Waals surface area contributed by atoms with Gasteiger partial charge in [0.15, 0.2) is 0 Å². The molecule has 0 aliphatic carbocycles. The molecule has 94 valence electrons. The zero-order chi connectivity index (χ0) is 13.0. The summed E-state index contributed by atoms with van der Waals surface area (Å²) >= 11 is 5.87. The first-order valence-electron chi connectivity index (χ1n) is 5.01. The average molecular weight is 276 g/mol. The summed E-state index contributed by atoms with van der Waals surface area (Å²) in [4.78, 5) is 11.7. The van der Waals surface area contributed by atoms with Crippen LogP contribution in [0, 0.1) is 0 Å². The van der Waals surface area contributed by atoms with Crippen molar-refractivity contribution >= 4 is 34.1 Å². The maximum Gasteiger partial charge on any atom is 0.338 e. The van der Waals surface area contributed by atoms with Gasteiger partial charge in [0.05, 0.1) is 28.6 Å². The number of hydrogen-bond acceptors (Lipinski definition) is 4. The van der Waals surface area contributed by atoms with Gasteiger partial charge in [0.2, 0.25) is 0 Å². The Morgan fingerprint density at radius 1 is 1.53 bits per heavy atom. The lowest BCUT2D eigenvalue weighted by molar-refractivity contribution is 0.0525. The number of ether oxygens (including phenoxy) is 1. The second-order valence-corrected chi connectivity index (χ2v) is 5.27. The predicted molar refractivity (Wildman–Crippen MR) is 69.6 cm³/mol. The Morgan fingerprint density at radius 2 is 2.18 bits per heavy atom. The van der Waals surface area contributed by atoms with Crippen LogP contribution < -0.4 is 5.73 Å². The van der Waals surface area contributed by atoms with Gasteiger partial charge in [0, 0.05) is 22.6 Å². The average Bonchev–Trinajstić information content (AvgIpc) is 2.24. The number of anilines is 1. The van der Waals surface area contributed by atoms with Gasteiger partial charge in [-0.15, -0.1) is 0 Å². The van der Waals surface area contributed by atoms with Crippen LogP contribution in [0.2, 0.25) is 5.02 Å². The molecule has 1 unspecified atom stereocenters. The normalized spacial score (nSPS) is 12.2. The molecule has 0 amide bonds. The highest BCUT2D eigenvalue weighted by atomic mass is 35.5. The van der Waals surface area contributed by atoms with Crippen molar-refractivity contribution < 1.29 is 13.7 Å². The summed E-state index contributed by atoms with van der Waals surface area (Å²) in [6, 6.07) is 3.07. The fourth-order valence-corrected chi connectivity index (χ4v) is 2.29. The van der Waals surface area contributed by atoms with E-state index in [2.05, 4.69) is 0 Å². The van der Waals surface area contributed by atoms with Crippen LogP contribution in [0.5, 0.6) is 0 Å². The number of nitrogens with two attached hydrogens (primary N) is 1. The molecule has 0 heterocycles. The van der Waals surface area contributed by atoms with Gasteiger partial charge in [0.25, 0.3) is 0 Å². The van der Waals surface area contributed by atoms with E-state index in [0.717, 1.165) is 0 Å². The molecule has 0 aliphatic heterocycles. The minimum atomic E-state index is -1.11. The lowest BCUT2D eigenvalue weighted by atomic mass is 10.1. The Kier molecular flexibility index (Phi) is 4.96. The van der Waals surface area contributed by atoms with E-state index in [1.165, 1.54) is 12.3 Å². The number of benzene rings is 1. The van der Waals surface area contributed by atoms with E-state index in [1.54, 1.807) is 13.0 Å². The third-order valence-electron chi connectivity index (χ3n) is 2.15. The number of carbonyl (C=O) groups is 1. The number of rotatable bonds is 4. The van der Waals surface area contributed by atoms with E-state index in [-0.39, 0.29) is 18.0 Å². The summed E-state index contributed by atoms with van der Waals surface area (Å²) in [5.41, 5.74) is 6.88. The minimum absolute atomic E-state index is 0.181. The van der Waals surface area contributed by atoms with Crippen LogP contribution in [-0.4, -0.2) is 23.0 Å². The first-order chi connectivity index (χ1) is 7.97. The molecule has 0 fully saturated rings. The van der Waals surface area contributed by atoms with Gasteiger partial charge in [-0.3, -0.25) is 4.21 Å². The molecular formula is C11H14ClNO3S. The van der Waals surface area contributed by atoms with Crippen molar-refractivity contribution in [3.8, 4) is 0 Å². The molecular weight excluding hydrogens is 262 g/mol. The lowest BCUT2D eigenvalue weighted by Crippen LogP contribution is -2.11. The van der Waals surface area contributed by atoms with Crippen molar-refractivity contribution in [3.05, 3.63) is 28.3 Å². The van der Waals surface area contributed by atoms with E-state index >= 15 is 0 Å². The van der Waals surface area contributed by atoms with E-state index in [4.69, 9.17) is 22.1 Å². The van der Waals surface area contributed by atoms with Gasteiger partial charge in [0.1, 0.15) is 0 Å². The molecule has 1 aromatic carbocycles.